The molecule has 2 heterocycles. The average Bonchev–Trinajstić information content (AvgIpc) is 2.70. The lowest BCUT2D eigenvalue weighted by atomic mass is 10.1. The van der Waals surface area contributed by atoms with Crippen molar-refractivity contribution in [1.82, 2.24) is 20.8 Å². The Morgan fingerprint density at radius 2 is 2.31 bits per heavy atom. The molecular weight excluding hydrogens is 208 g/mol. The topological polar surface area (TPSA) is 80.0 Å². The molecule has 0 aliphatic carbocycles. The smallest absolute Gasteiger partial charge is 0.237 e. The molecule has 2 N–H and O–H groups in total. The van der Waals surface area contributed by atoms with E-state index in [4.69, 9.17) is 4.52 Å². The van der Waals surface area contributed by atoms with Crippen molar-refractivity contribution in [1.29, 1.82) is 0 Å². The van der Waals surface area contributed by atoms with E-state index in [0.717, 1.165) is 6.54 Å². The van der Waals surface area contributed by atoms with Gasteiger partial charge in [0.1, 0.15) is 0 Å². The maximum Gasteiger partial charge on any atom is 0.237 e. The highest BCUT2D eigenvalue weighted by Gasteiger charge is 2.24. The zero-order valence-corrected chi connectivity index (χ0v) is 9.49. The van der Waals surface area contributed by atoms with Crippen LogP contribution in [0.4, 0.5) is 0 Å². The summed E-state index contributed by atoms with van der Waals surface area (Å²) < 4.78 is 5.10. The Bertz CT molecular complexity index is 375. The molecule has 88 valence electrons. The molecule has 1 fully saturated rings. The summed E-state index contributed by atoms with van der Waals surface area (Å²) in [5.41, 5.74) is 0. The number of carbonyl (C=O) groups is 1. The van der Waals surface area contributed by atoms with Crippen molar-refractivity contribution in [3.05, 3.63) is 11.7 Å². The average molecular weight is 224 g/mol. The molecule has 6 nitrogen and oxygen atoms in total. The molecule has 1 aliphatic heterocycles. The molecule has 6 heteroatoms. The SMILES string of the molecule is CC(C)c1noc(CC2NCCNC2=O)n1. The van der Waals surface area contributed by atoms with Gasteiger partial charge in [-0.25, -0.2) is 0 Å². The van der Waals surface area contributed by atoms with Crippen molar-refractivity contribution in [2.24, 2.45) is 0 Å². The Labute approximate surface area is 93.8 Å². The van der Waals surface area contributed by atoms with Crippen LogP contribution in [-0.4, -0.2) is 35.2 Å². The van der Waals surface area contributed by atoms with Gasteiger partial charge in [0.15, 0.2) is 5.82 Å². The Hall–Kier alpha value is -1.43. The molecule has 16 heavy (non-hydrogen) atoms. The maximum absolute atomic E-state index is 11.5. The van der Waals surface area contributed by atoms with Crippen LogP contribution in [0.5, 0.6) is 0 Å². The third-order valence-electron chi connectivity index (χ3n) is 2.51. The first-order valence-corrected chi connectivity index (χ1v) is 5.50. The van der Waals surface area contributed by atoms with Crippen LogP contribution in [0.3, 0.4) is 0 Å². The molecule has 1 aromatic rings. The fourth-order valence-corrected chi connectivity index (χ4v) is 1.57. The van der Waals surface area contributed by atoms with E-state index in [0.29, 0.717) is 24.7 Å². The quantitative estimate of drug-likeness (QED) is 0.744. The number of nitrogens with one attached hydrogen (secondary N) is 2. The highest BCUT2D eigenvalue weighted by Crippen LogP contribution is 2.11. The van der Waals surface area contributed by atoms with Gasteiger partial charge in [-0.15, -0.1) is 0 Å². The number of nitrogens with zero attached hydrogens (tertiary/aromatic N) is 2. The number of hydrogen-bond donors (Lipinski definition) is 2. The van der Waals surface area contributed by atoms with Crippen LogP contribution in [0.1, 0.15) is 31.5 Å². The summed E-state index contributed by atoms with van der Waals surface area (Å²) in [7, 11) is 0. The predicted molar refractivity (Wildman–Crippen MR) is 56.9 cm³/mol. The van der Waals surface area contributed by atoms with E-state index in [1.807, 2.05) is 13.8 Å². The van der Waals surface area contributed by atoms with Gasteiger partial charge in [-0.3, -0.25) is 4.79 Å². The number of amides is 1. The molecule has 0 aromatic carbocycles. The van der Waals surface area contributed by atoms with Crippen LogP contribution in [0.2, 0.25) is 0 Å². The minimum Gasteiger partial charge on any atom is -0.353 e. The summed E-state index contributed by atoms with van der Waals surface area (Å²) in [4.78, 5) is 15.7. The lowest BCUT2D eigenvalue weighted by Crippen LogP contribution is -2.53. The number of piperazine rings is 1. The van der Waals surface area contributed by atoms with E-state index in [1.54, 1.807) is 0 Å². The van der Waals surface area contributed by atoms with Gasteiger partial charge in [-0.2, -0.15) is 4.98 Å². The summed E-state index contributed by atoms with van der Waals surface area (Å²) in [5.74, 6) is 1.44. The Morgan fingerprint density at radius 3 is 2.94 bits per heavy atom. The van der Waals surface area contributed by atoms with Crippen LogP contribution in [0.25, 0.3) is 0 Å². The first-order chi connectivity index (χ1) is 7.66. The molecule has 0 bridgehead atoms. The van der Waals surface area contributed by atoms with Crippen LogP contribution >= 0.6 is 0 Å². The molecule has 1 aliphatic rings. The van der Waals surface area contributed by atoms with Gasteiger partial charge in [-0.05, 0) is 0 Å². The standard InChI is InChI=1S/C10H16N4O2/c1-6(2)9-13-8(16-14-9)5-7-10(15)12-4-3-11-7/h6-7,11H,3-5H2,1-2H3,(H,12,15). The first kappa shape index (κ1) is 11.1. The molecule has 1 amide bonds. The molecular formula is C10H16N4O2. The number of carbonyl (C=O) groups excluding carboxylic acids is 1. The minimum atomic E-state index is -0.255. The first-order valence-electron chi connectivity index (χ1n) is 5.50. The van der Waals surface area contributed by atoms with E-state index in [9.17, 15) is 4.79 Å². The molecule has 1 saturated heterocycles. The van der Waals surface area contributed by atoms with Gasteiger partial charge in [0, 0.05) is 19.0 Å². The normalized spacial score (nSPS) is 21.2. The Kier molecular flexibility index (Phi) is 3.19. The van der Waals surface area contributed by atoms with Crippen molar-refractivity contribution in [3.63, 3.8) is 0 Å². The number of hydrogen-bond acceptors (Lipinski definition) is 5. The van der Waals surface area contributed by atoms with Gasteiger partial charge < -0.3 is 15.2 Å². The van der Waals surface area contributed by atoms with E-state index in [2.05, 4.69) is 20.8 Å². The fourth-order valence-electron chi connectivity index (χ4n) is 1.57. The van der Waals surface area contributed by atoms with Crippen molar-refractivity contribution in [2.75, 3.05) is 13.1 Å². The molecule has 1 aromatic heterocycles. The molecule has 0 saturated carbocycles. The lowest BCUT2D eigenvalue weighted by molar-refractivity contribution is -0.124. The zero-order chi connectivity index (χ0) is 11.5. The number of rotatable bonds is 3. The van der Waals surface area contributed by atoms with Crippen molar-refractivity contribution < 1.29 is 9.32 Å². The third-order valence-corrected chi connectivity index (χ3v) is 2.51. The van der Waals surface area contributed by atoms with E-state index < -0.39 is 0 Å². The van der Waals surface area contributed by atoms with E-state index >= 15 is 0 Å². The predicted octanol–water partition coefficient (Wildman–Crippen LogP) is -0.176. The number of aromatic nitrogens is 2. The van der Waals surface area contributed by atoms with Crippen molar-refractivity contribution in [2.45, 2.75) is 32.2 Å². The highest BCUT2D eigenvalue weighted by atomic mass is 16.5. The summed E-state index contributed by atoms with van der Waals surface area (Å²) in [5, 5.41) is 9.77. The van der Waals surface area contributed by atoms with Crippen LogP contribution < -0.4 is 10.6 Å². The van der Waals surface area contributed by atoms with Gasteiger partial charge in [0.25, 0.3) is 0 Å². The summed E-state index contributed by atoms with van der Waals surface area (Å²) >= 11 is 0. The van der Waals surface area contributed by atoms with Gasteiger partial charge in [-0.1, -0.05) is 19.0 Å². The molecule has 0 radical (unpaired) electrons. The second kappa shape index (κ2) is 4.61. The minimum absolute atomic E-state index is 0.00412. The summed E-state index contributed by atoms with van der Waals surface area (Å²) in [6.45, 7) is 5.46. The lowest BCUT2D eigenvalue weighted by Gasteiger charge is -2.21. The maximum atomic E-state index is 11.5. The highest BCUT2D eigenvalue weighted by molar-refractivity contribution is 5.82. The summed E-state index contributed by atoms with van der Waals surface area (Å²) in [6, 6.07) is -0.255. The van der Waals surface area contributed by atoms with Crippen LogP contribution in [-0.2, 0) is 11.2 Å². The molecule has 1 atom stereocenters. The molecule has 0 spiro atoms. The molecule has 1 unspecified atom stereocenters. The summed E-state index contributed by atoms with van der Waals surface area (Å²) in [6.07, 6.45) is 0.450. The third kappa shape index (κ3) is 2.38. The van der Waals surface area contributed by atoms with E-state index in [1.165, 1.54) is 0 Å². The van der Waals surface area contributed by atoms with Gasteiger partial charge in [0.2, 0.25) is 11.8 Å². The van der Waals surface area contributed by atoms with Gasteiger partial charge in [0.05, 0.1) is 12.5 Å². The Morgan fingerprint density at radius 1 is 1.50 bits per heavy atom. The second-order valence-corrected chi connectivity index (χ2v) is 4.20. The monoisotopic (exact) mass is 224 g/mol. The molecule has 2 rings (SSSR count). The fraction of sp³-hybridized carbons (Fsp3) is 0.700. The van der Waals surface area contributed by atoms with Crippen molar-refractivity contribution >= 4 is 5.91 Å². The van der Waals surface area contributed by atoms with E-state index in [-0.39, 0.29) is 17.9 Å². The zero-order valence-electron chi connectivity index (χ0n) is 9.49. The van der Waals surface area contributed by atoms with Crippen molar-refractivity contribution in [3.8, 4) is 0 Å². The van der Waals surface area contributed by atoms with Crippen LogP contribution in [0.15, 0.2) is 4.52 Å². The second-order valence-electron chi connectivity index (χ2n) is 4.20. The Balaban J connectivity index is 1.99. The van der Waals surface area contributed by atoms with Crippen LogP contribution in [0, 0.1) is 0 Å². The largest absolute Gasteiger partial charge is 0.353 e. The van der Waals surface area contributed by atoms with Gasteiger partial charge >= 0.3 is 0 Å².